The zero-order chi connectivity index (χ0) is 35.6. The Morgan fingerprint density at radius 1 is 0.780 bits per heavy atom. The second-order valence-electron chi connectivity index (χ2n) is 13.9. The number of alkyl carbamates (subject to hydrolysis) is 1. The highest BCUT2D eigenvalue weighted by atomic mass is 16.5. The molecule has 2 aromatic carbocycles. The third-order valence-corrected chi connectivity index (χ3v) is 10.1. The maximum Gasteiger partial charge on any atom is 0.407 e. The van der Waals surface area contributed by atoms with Crippen LogP contribution in [0.2, 0.25) is 0 Å². The van der Waals surface area contributed by atoms with Gasteiger partial charge in [-0.05, 0) is 81.3 Å². The molecule has 0 radical (unpaired) electrons. The van der Waals surface area contributed by atoms with Gasteiger partial charge in [0.2, 0.25) is 11.8 Å². The van der Waals surface area contributed by atoms with Crippen LogP contribution in [0.3, 0.4) is 0 Å². The van der Waals surface area contributed by atoms with Crippen LogP contribution in [0.15, 0.2) is 60.7 Å². The van der Waals surface area contributed by atoms with E-state index in [0.29, 0.717) is 45.3 Å². The minimum atomic E-state index is -0.727. The SMILES string of the molecule is CCCCCCCCOC(=O)[C@@H]1C2CCC(CC2)N1C(=O)C(CCCCNC(=O)OCc1ccccc1)N[C@@H](CCc1ccccc1)C(N)=O. The van der Waals surface area contributed by atoms with Crippen LogP contribution in [-0.4, -0.2) is 66.1 Å². The van der Waals surface area contributed by atoms with Crippen molar-refractivity contribution in [1.82, 2.24) is 15.5 Å². The second-order valence-corrected chi connectivity index (χ2v) is 13.9. The third kappa shape index (κ3) is 12.4. The molecule has 5 rings (SSSR count). The molecule has 3 atom stereocenters. The van der Waals surface area contributed by atoms with Crippen LogP contribution in [0.4, 0.5) is 4.79 Å². The lowest BCUT2D eigenvalue weighted by Crippen LogP contribution is -2.65. The largest absolute Gasteiger partial charge is 0.464 e. The third-order valence-electron chi connectivity index (χ3n) is 10.1. The molecule has 274 valence electrons. The minimum Gasteiger partial charge on any atom is -0.464 e. The lowest BCUT2D eigenvalue weighted by Gasteiger charge is -2.51. The summed E-state index contributed by atoms with van der Waals surface area (Å²) < 4.78 is 11.1. The van der Waals surface area contributed by atoms with Crippen molar-refractivity contribution in [2.75, 3.05) is 13.2 Å². The molecule has 3 aliphatic rings. The number of amides is 3. The van der Waals surface area contributed by atoms with Crippen molar-refractivity contribution >= 4 is 23.9 Å². The number of fused-ring (bicyclic) bond motifs is 3. The Labute approximate surface area is 298 Å². The van der Waals surface area contributed by atoms with Gasteiger partial charge in [-0.25, -0.2) is 9.59 Å². The van der Waals surface area contributed by atoms with E-state index in [2.05, 4.69) is 17.6 Å². The van der Waals surface area contributed by atoms with E-state index in [1.54, 1.807) is 4.90 Å². The van der Waals surface area contributed by atoms with Gasteiger partial charge in [0.25, 0.3) is 0 Å². The lowest BCUT2D eigenvalue weighted by molar-refractivity contribution is -0.168. The number of primary amides is 1. The number of piperidine rings is 2. The van der Waals surface area contributed by atoms with Gasteiger partial charge in [0.15, 0.2) is 0 Å². The van der Waals surface area contributed by atoms with E-state index in [1.807, 2.05) is 60.7 Å². The Hall–Kier alpha value is -3.92. The van der Waals surface area contributed by atoms with Gasteiger partial charge in [0, 0.05) is 12.6 Å². The number of nitrogens with two attached hydrogens (primary N) is 1. The van der Waals surface area contributed by atoms with E-state index < -0.39 is 30.1 Å². The van der Waals surface area contributed by atoms with Crippen molar-refractivity contribution in [2.24, 2.45) is 11.7 Å². The molecule has 2 heterocycles. The maximum absolute atomic E-state index is 14.5. The Morgan fingerprint density at radius 3 is 2.12 bits per heavy atom. The molecular formula is C40H58N4O6. The van der Waals surface area contributed by atoms with Crippen molar-refractivity contribution in [1.29, 1.82) is 0 Å². The zero-order valence-electron chi connectivity index (χ0n) is 29.9. The topological polar surface area (TPSA) is 140 Å². The number of carbonyl (C=O) groups is 4. The Bertz CT molecular complexity index is 1320. The van der Waals surface area contributed by atoms with Crippen molar-refractivity contribution < 1.29 is 28.7 Å². The van der Waals surface area contributed by atoms with Gasteiger partial charge in [0.1, 0.15) is 12.6 Å². The molecule has 4 N–H and O–H groups in total. The number of rotatable bonds is 22. The van der Waals surface area contributed by atoms with Crippen LogP contribution >= 0.6 is 0 Å². The van der Waals surface area contributed by atoms with Crippen LogP contribution in [0.25, 0.3) is 0 Å². The van der Waals surface area contributed by atoms with Crippen LogP contribution in [0.5, 0.6) is 0 Å². The van der Waals surface area contributed by atoms with Crippen molar-refractivity contribution in [3.05, 3.63) is 71.8 Å². The molecule has 2 aromatic rings. The first-order chi connectivity index (χ1) is 24.4. The highest BCUT2D eigenvalue weighted by molar-refractivity contribution is 5.89. The molecule has 10 nitrogen and oxygen atoms in total. The molecule has 2 saturated heterocycles. The van der Waals surface area contributed by atoms with E-state index in [9.17, 15) is 19.2 Å². The molecule has 3 amide bonds. The van der Waals surface area contributed by atoms with Gasteiger partial charge >= 0.3 is 12.1 Å². The number of hydrogen-bond acceptors (Lipinski definition) is 7. The minimum absolute atomic E-state index is 0.0409. The number of hydrogen-bond donors (Lipinski definition) is 3. The van der Waals surface area contributed by atoms with Crippen LogP contribution in [-0.2, 0) is 36.9 Å². The molecule has 50 heavy (non-hydrogen) atoms. The Kier molecular flexibility index (Phi) is 16.6. The van der Waals surface area contributed by atoms with Crippen LogP contribution in [0.1, 0.15) is 108 Å². The van der Waals surface area contributed by atoms with E-state index in [1.165, 1.54) is 19.3 Å². The van der Waals surface area contributed by atoms with Gasteiger partial charge in [-0.2, -0.15) is 0 Å². The summed E-state index contributed by atoms with van der Waals surface area (Å²) in [7, 11) is 0. The standard InChI is InChI=1S/C40H58N4O6/c1-2-3-4-5-6-15-28-49-39(47)36-32-22-24-33(25-23-32)44(36)38(46)35(43-34(37(41)45)26-21-30-16-9-7-10-17-30)20-13-14-27-42-40(48)50-29-31-18-11-8-12-19-31/h7-12,16-19,32-36,43H,2-6,13-15,20-29H2,1H3,(H2,41,45)(H,42,48)/t32?,33?,34-,35?,36-/m0/s1. The molecule has 2 bridgehead atoms. The molecule has 10 heteroatoms. The summed E-state index contributed by atoms with van der Waals surface area (Å²) in [6, 6.07) is 17.2. The predicted molar refractivity (Wildman–Crippen MR) is 194 cm³/mol. The summed E-state index contributed by atoms with van der Waals surface area (Å²) in [4.78, 5) is 54.9. The predicted octanol–water partition coefficient (Wildman–Crippen LogP) is 6.20. The Morgan fingerprint density at radius 2 is 1.44 bits per heavy atom. The van der Waals surface area contributed by atoms with Crippen molar-refractivity contribution in [2.45, 2.75) is 134 Å². The number of unbranched alkanes of at least 4 members (excludes halogenated alkanes) is 6. The zero-order valence-corrected chi connectivity index (χ0v) is 29.9. The average molecular weight is 691 g/mol. The molecule has 0 aromatic heterocycles. The monoisotopic (exact) mass is 690 g/mol. The number of carbonyl (C=O) groups excluding carboxylic acids is 4. The van der Waals surface area contributed by atoms with Gasteiger partial charge in [-0.15, -0.1) is 0 Å². The van der Waals surface area contributed by atoms with Gasteiger partial charge in [-0.1, -0.05) is 99.7 Å². The summed E-state index contributed by atoms with van der Waals surface area (Å²) in [5.41, 5.74) is 7.87. The number of nitrogens with one attached hydrogen (secondary N) is 2. The fraction of sp³-hybridized carbons (Fsp3) is 0.600. The number of nitrogens with zero attached hydrogens (tertiary/aromatic N) is 1. The summed E-state index contributed by atoms with van der Waals surface area (Å²) >= 11 is 0. The molecule has 0 spiro atoms. The normalized spacial score (nSPS) is 19.4. The van der Waals surface area contributed by atoms with Gasteiger partial charge in [0.05, 0.1) is 18.7 Å². The quantitative estimate of drug-likeness (QED) is 0.0987. The fourth-order valence-electron chi connectivity index (χ4n) is 7.32. The average Bonchev–Trinajstić information content (AvgIpc) is 3.14. The summed E-state index contributed by atoms with van der Waals surface area (Å²) in [5.74, 6) is -0.940. The highest BCUT2D eigenvalue weighted by Crippen LogP contribution is 2.40. The number of aryl methyl sites for hydroxylation is 1. The highest BCUT2D eigenvalue weighted by Gasteiger charge is 2.49. The van der Waals surface area contributed by atoms with Crippen molar-refractivity contribution in [3.63, 3.8) is 0 Å². The van der Waals surface area contributed by atoms with E-state index in [-0.39, 0.29) is 30.4 Å². The molecule has 1 aliphatic carbocycles. The summed E-state index contributed by atoms with van der Waals surface area (Å²) in [6.07, 6.45) is 12.3. The van der Waals surface area contributed by atoms with Gasteiger partial charge in [-0.3, -0.25) is 14.9 Å². The number of benzene rings is 2. The lowest BCUT2D eigenvalue weighted by atomic mass is 9.74. The first-order valence-electron chi connectivity index (χ1n) is 18.9. The maximum atomic E-state index is 14.5. The molecule has 1 saturated carbocycles. The van der Waals surface area contributed by atoms with Crippen LogP contribution < -0.4 is 16.4 Å². The van der Waals surface area contributed by atoms with E-state index in [4.69, 9.17) is 15.2 Å². The first kappa shape index (κ1) is 38.9. The summed E-state index contributed by atoms with van der Waals surface area (Å²) in [5, 5.41) is 6.11. The van der Waals surface area contributed by atoms with Crippen molar-refractivity contribution in [3.8, 4) is 0 Å². The second kappa shape index (κ2) is 21.3. The Balaban J connectivity index is 1.38. The first-order valence-corrected chi connectivity index (χ1v) is 18.9. The molecule has 2 aliphatic heterocycles. The fourth-order valence-corrected chi connectivity index (χ4v) is 7.32. The van der Waals surface area contributed by atoms with E-state index >= 15 is 0 Å². The smallest absolute Gasteiger partial charge is 0.407 e. The molecular weight excluding hydrogens is 632 g/mol. The summed E-state index contributed by atoms with van der Waals surface area (Å²) in [6.45, 7) is 3.12. The van der Waals surface area contributed by atoms with Gasteiger partial charge < -0.3 is 25.4 Å². The number of esters is 1. The molecule has 1 unspecified atom stereocenters. The van der Waals surface area contributed by atoms with Crippen LogP contribution in [0, 0.1) is 5.92 Å². The molecule has 3 fully saturated rings. The number of ether oxygens (including phenoxy) is 2. The van der Waals surface area contributed by atoms with E-state index in [0.717, 1.165) is 56.1 Å².